The number of hydrogen-bond acceptors (Lipinski definition) is 3. The number of nitrogens with zero attached hydrogens (tertiary/aromatic N) is 1. The summed E-state index contributed by atoms with van der Waals surface area (Å²) < 4.78 is 13.5. The van der Waals surface area contributed by atoms with Crippen LogP contribution in [0.3, 0.4) is 0 Å². The maximum atomic E-state index is 13.5. The van der Waals surface area contributed by atoms with Gasteiger partial charge in [-0.2, -0.15) is 0 Å². The molecule has 0 aliphatic rings. The van der Waals surface area contributed by atoms with Gasteiger partial charge in [0, 0.05) is 24.3 Å². The summed E-state index contributed by atoms with van der Waals surface area (Å²) in [5, 5.41) is 8.98. The van der Waals surface area contributed by atoms with Crippen molar-refractivity contribution in [2.24, 2.45) is 0 Å². The Kier molecular flexibility index (Phi) is 4.63. The van der Waals surface area contributed by atoms with Crippen LogP contribution in [-0.4, -0.2) is 30.6 Å². The first-order valence-corrected chi connectivity index (χ1v) is 5.68. The molecule has 0 unspecified atom stereocenters. The van der Waals surface area contributed by atoms with E-state index in [1.54, 1.807) is 13.0 Å². The highest BCUT2D eigenvalue weighted by Gasteiger charge is 2.15. The minimum absolute atomic E-state index is 0.00160. The maximum Gasteiger partial charge on any atom is 0.161 e. The minimum Gasteiger partial charge on any atom is -0.395 e. The van der Waals surface area contributed by atoms with E-state index >= 15 is 0 Å². The molecule has 94 valence electrons. The molecule has 1 aromatic carbocycles. The number of halogens is 1. The van der Waals surface area contributed by atoms with Crippen LogP contribution < -0.4 is 4.90 Å². The van der Waals surface area contributed by atoms with Crippen molar-refractivity contribution in [2.45, 2.75) is 20.8 Å². The van der Waals surface area contributed by atoms with E-state index in [2.05, 4.69) is 0 Å². The monoisotopic (exact) mass is 239 g/mol. The summed E-state index contributed by atoms with van der Waals surface area (Å²) >= 11 is 0. The molecule has 0 amide bonds. The Hall–Kier alpha value is -1.42. The van der Waals surface area contributed by atoms with Crippen LogP contribution in [0.2, 0.25) is 0 Å². The number of likely N-dealkylation sites (N-methyl/N-ethyl adjacent to an activating group) is 1. The van der Waals surface area contributed by atoms with Crippen molar-refractivity contribution in [1.82, 2.24) is 0 Å². The van der Waals surface area contributed by atoms with Gasteiger partial charge >= 0.3 is 0 Å². The van der Waals surface area contributed by atoms with E-state index in [1.165, 1.54) is 13.0 Å². The Morgan fingerprint density at radius 1 is 1.47 bits per heavy atom. The van der Waals surface area contributed by atoms with Crippen LogP contribution >= 0.6 is 0 Å². The Labute approximate surface area is 101 Å². The summed E-state index contributed by atoms with van der Waals surface area (Å²) in [5.74, 6) is -0.547. The van der Waals surface area contributed by atoms with E-state index in [4.69, 9.17) is 5.11 Å². The standard InChI is InChI=1S/C13H18FNO2/c1-4-15(5-6-16)13-7-9(2)12(14)8-11(13)10(3)17/h7-8,16H,4-6H2,1-3H3. The lowest BCUT2D eigenvalue weighted by Gasteiger charge is -2.24. The number of aliphatic hydroxyl groups excluding tert-OH is 1. The first kappa shape index (κ1) is 13.6. The molecule has 0 aliphatic heterocycles. The predicted octanol–water partition coefficient (Wildman–Crippen LogP) is 2.16. The lowest BCUT2D eigenvalue weighted by atomic mass is 10.0. The van der Waals surface area contributed by atoms with E-state index in [0.29, 0.717) is 29.9 Å². The smallest absolute Gasteiger partial charge is 0.161 e. The Bertz CT molecular complexity index is 418. The van der Waals surface area contributed by atoms with Crippen LogP contribution in [0.15, 0.2) is 12.1 Å². The molecule has 3 nitrogen and oxygen atoms in total. The maximum absolute atomic E-state index is 13.5. The first-order chi connectivity index (χ1) is 8.01. The van der Waals surface area contributed by atoms with E-state index in [0.717, 1.165) is 0 Å². The molecule has 1 aromatic rings. The average molecular weight is 239 g/mol. The lowest BCUT2D eigenvalue weighted by molar-refractivity contribution is 0.101. The minimum atomic E-state index is -0.376. The Balaban J connectivity index is 3.28. The Morgan fingerprint density at radius 2 is 2.12 bits per heavy atom. The summed E-state index contributed by atoms with van der Waals surface area (Å²) in [4.78, 5) is 13.4. The van der Waals surface area contributed by atoms with Crippen molar-refractivity contribution < 1.29 is 14.3 Å². The van der Waals surface area contributed by atoms with Crippen molar-refractivity contribution in [3.8, 4) is 0 Å². The van der Waals surface area contributed by atoms with Crippen molar-refractivity contribution in [1.29, 1.82) is 0 Å². The van der Waals surface area contributed by atoms with Crippen LogP contribution in [0, 0.1) is 12.7 Å². The normalized spacial score (nSPS) is 10.4. The summed E-state index contributed by atoms with van der Waals surface area (Å²) in [5.41, 5.74) is 1.55. The number of aliphatic hydroxyl groups is 1. The van der Waals surface area contributed by atoms with Gasteiger partial charge in [-0.15, -0.1) is 0 Å². The molecule has 0 heterocycles. The number of carbonyl (C=O) groups is 1. The van der Waals surface area contributed by atoms with Crippen molar-refractivity contribution >= 4 is 11.5 Å². The molecule has 0 bridgehead atoms. The van der Waals surface area contributed by atoms with E-state index in [-0.39, 0.29) is 18.2 Å². The van der Waals surface area contributed by atoms with Crippen molar-refractivity contribution in [3.05, 3.63) is 29.1 Å². The Morgan fingerprint density at radius 3 is 2.59 bits per heavy atom. The largest absolute Gasteiger partial charge is 0.395 e. The molecule has 0 radical (unpaired) electrons. The molecule has 1 N–H and O–H groups in total. The zero-order valence-electron chi connectivity index (χ0n) is 10.5. The quantitative estimate of drug-likeness (QED) is 0.800. The molecule has 0 spiro atoms. The second-order valence-corrected chi connectivity index (χ2v) is 3.98. The molecule has 0 fully saturated rings. The molecule has 0 saturated carbocycles. The molecule has 1 rings (SSSR count). The number of benzene rings is 1. The van der Waals surface area contributed by atoms with Crippen LogP contribution in [0.5, 0.6) is 0 Å². The molecule has 0 aliphatic carbocycles. The molecule has 0 saturated heterocycles. The fourth-order valence-electron chi connectivity index (χ4n) is 1.78. The molecule has 17 heavy (non-hydrogen) atoms. The van der Waals surface area contributed by atoms with E-state index in [9.17, 15) is 9.18 Å². The average Bonchev–Trinajstić information content (AvgIpc) is 2.29. The SMILES string of the molecule is CCN(CCO)c1cc(C)c(F)cc1C(C)=O. The molecule has 0 atom stereocenters. The van der Waals surface area contributed by atoms with Crippen LogP contribution in [0.1, 0.15) is 29.8 Å². The van der Waals surface area contributed by atoms with Gasteiger partial charge in [0.15, 0.2) is 5.78 Å². The zero-order chi connectivity index (χ0) is 13.0. The van der Waals surface area contributed by atoms with Gasteiger partial charge in [-0.1, -0.05) is 0 Å². The summed E-state index contributed by atoms with van der Waals surface area (Å²) in [6, 6.07) is 2.93. The number of Topliss-reactive ketones (excluding diaryl/α,β-unsaturated/α-hetero) is 1. The third-order valence-corrected chi connectivity index (χ3v) is 2.75. The van der Waals surface area contributed by atoms with Crippen molar-refractivity contribution in [2.75, 3.05) is 24.6 Å². The van der Waals surface area contributed by atoms with Gasteiger partial charge in [-0.05, 0) is 38.5 Å². The highest BCUT2D eigenvalue weighted by atomic mass is 19.1. The summed E-state index contributed by atoms with van der Waals surface area (Å²) in [7, 11) is 0. The summed E-state index contributed by atoms with van der Waals surface area (Å²) in [6.45, 7) is 6.10. The predicted molar refractivity (Wildman–Crippen MR) is 66.1 cm³/mol. The van der Waals surface area contributed by atoms with Gasteiger partial charge in [-0.25, -0.2) is 4.39 Å². The highest BCUT2D eigenvalue weighted by Crippen LogP contribution is 2.24. The van der Waals surface area contributed by atoms with Gasteiger partial charge in [0.05, 0.1) is 6.61 Å². The third kappa shape index (κ3) is 3.03. The molecule has 4 heteroatoms. The topological polar surface area (TPSA) is 40.5 Å². The molecular weight excluding hydrogens is 221 g/mol. The van der Waals surface area contributed by atoms with Crippen molar-refractivity contribution in [3.63, 3.8) is 0 Å². The first-order valence-electron chi connectivity index (χ1n) is 5.68. The number of anilines is 1. The molecular formula is C13H18FNO2. The van der Waals surface area contributed by atoms with Gasteiger partial charge < -0.3 is 10.0 Å². The summed E-state index contributed by atoms with van der Waals surface area (Å²) in [6.07, 6.45) is 0. The second-order valence-electron chi connectivity index (χ2n) is 3.98. The van der Waals surface area contributed by atoms with E-state index < -0.39 is 0 Å². The van der Waals surface area contributed by atoms with Gasteiger partial charge in [0.25, 0.3) is 0 Å². The lowest BCUT2D eigenvalue weighted by Crippen LogP contribution is -2.28. The van der Waals surface area contributed by atoms with Gasteiger partial charge in [-0.3, -0.25) is 4.79 Å². The zero-order valence-corrected chi connectivity index (χ0v) is 10.5. The van der Waals surface area contributed by atoms with Gasteiger partial charge in [0.2, 0.25) is 0 Å². The highest BCUT2D eigenvalue weighted by molar-refractivity contribution is 5.99. The molecule has 0 aromatic heterocycles. The van der Waals surface area contributed by atoms with Gasteiger partial charge in [0.1, 0.15) is 5.82 Å². The number of aryl methyl sites for hydroxylation is 1. The fourth-order valence-corrected chi connectivity index (χ4v) is 1.78. The number of ketones is 1. The third-order valence-electron chi connectivity index (χ3n) is 2.75. The van der Waals surface area contributed by atoms with Crippen LogP contribution in [-0.2, 0) is 0 Å². The number of hydrogen-bond donors (Lipinski definition) is 1. The fraction of sp³-hybridized carbons (Fsp3) is 0.462. The number of rotatable bonds is 5. The van der Waals surface area contributed by atoms with E-state index in [1.807, 2.05) is 11.8 Å². The van der Waals surface area contributed by atoms with Crippen LogP contribution in [0.4, 0.5) is 10.1 Å². The second kappa shape index (κ2) is 5.77. The van der Waals surface area contributed by atoms with Crippen LogP contribution in [0.25, 0.3) is 0 Å². The number of carbonyl (C=O) groups excluding carboxylic acids is 1.